The second-order valence-corrected chi connectivity index (χ2v) is 4.70. The second-order valence-electron chi connectivity index (χ2n) is 4.70. The number of imide groups is 1. The van der Waals surface area contributed by atoms with Crippen LogP contribution in [0.15, 0.2) is 18.5 Å². The summed E-state index contributed by atoms with van der Waals surface area (Å²) < 4.78 is 26.2. The smallest absolute Gasteiger partial charge is 0.321 e. The van der Waals surface area contributed by atoms with Crippen LogP contribution >= 0.6 is 0 Å². The summed E-state index contributed by atoms with van der Waals surface area (Å²) in [6.45, 7) is -0.453. The average molecular weight is 310 g/mol. The van der Waals surface area contributed by atoms with E-state index in [2.05, 4.69) is 26.0 Å². The molecule has 0 saturated carbocycles. The van der Waals surface area contributed by atoms with Gasteiger partial charge in [0, 0.05) is 18.9 Å². The Morgan fingerprint density at radius 1 is 1.45 bits per heavy atom. The molecule has 1 atom stereocenters. The number of hydrogen-bond acceptors (Lipinski definition) is 5. The third-order valence-electron chi connectivity index (χ3n) is 3.20. The Kier molecular flexibility index (Phi) is 3.57. The minimum atomic E-state index is -2.52. The number of nitrogens with one attached hydrogen (secondary N) is 3. The van der Waals surface area contributed by atoms with Crippen LogP contribution in [0.4, 0.5) is 19.3 Å². The summed E-state index contributed by atoms with van der Waals surface area (Å²) in [6.07, 6.45) is 0.498. The van der Waals surface area contributed by atoms with Crippen LogP contribution in [0.2, 0.25) is 0 Å². The number of hydrogen-bond donors (Lipinski definition) is 3. The summed E-state index contributed by atoms with van der Waals surface area (Å²) in [5, 5.41) is 11.5. The molecule has 1 unspecified atom stereocenters. The molecule has 0 radical (unpaired) electrons. The molecule has 10 heteroatoms. The van der Waals surface area contributed by atoms with Gasteiger partial charge in [-0.2, -0.15) is 5.10 Å². The molecular formula is C12H12F2N6O2. The van der Waals surface area contributed by atoms with E-state index >= 15 is 0 Å². The Labute approximate surface area is 122 Å². The first-order valence-corrected chi connectivity index (χ1v) is 6.49. The molecule has 2 aromatic heterocycles. The van der Waals surface area contributed by atoms with Gasteiger partial charge in [-0.1, -0.05) is 0 Å². The fraction of sp³-hybridized carbons (Fsp3) is 0.333. The topological polar surface area (TPSA) is 100 Å². The third kappa shape index (κ3) is 2.67. The van der Waals surface area contributed by atoms with Gasteiger partial charge in [0.15, 0.2) is 5.65 Å². The van der Waals surface area contributed by atoms with Crippen molar-refractivity contribution < 1.29 is 18.4 Å². The molecule has 3 N–H and O–H groups in total. The predicted molar refractivity (Wildman–Crippen MR) is 71.8 cm³/mol. The van der Waals surface area contributed by atoms with Crippen LogP contribution in [0.1, 0.15) is 11.6 Å². The number of halogens is 2. The minimum Gasteiger partial charge on any atom is -0.376 e. The van der Waals surface area contributed by atoms with Crippen molar-refractivity contribution in [3.63, 3.8) is 0 Å². The van der Waals surface area contributed by atoms with Gasteiger partial charge in [-0.15, -0.1) is 0 Å². The Morgan fingerprint density at radius 3 is 3.00 bits per heavy atom. The van der Waals surface area contributed by atoms with E-state index in [-0.39, 0.29) is 6.54 Å². The number of alkyl halides is 2. The third-order valence-corrected chi connectivity index (χ3v) is 3.20. The molecule has 22 heavy (non-hydrogen) atoms. The Bertz CT molecular complexity index is 731. The minimum absolute atomic E-state index is 0.0894. The van der Waals surface area contributed by atoms with Crippen molar-refractivity contribution in [3.05, 3.63) is 24.2 Å². The van der Waals surface area contributed by atoms with E-state index in [0.29, 0.717) is 17.0 Å². The van der Waals surface area contributed by atoms with Crippen LogP contribution in [0.5, 0.6) is 0 Å². The number of fused-ring (bicyclic) bond motifs is 1. The van der Waals surface area contributed by atoms with Crippen LogP contribution in [0.25, 0.3) is 5.65 Å². The first-order chi connectivity index (χ1) is 10.5. The lowest BCUT2D eigenvalue weighted by Gasteiger charge is -2.22. The van der Waals surface area contributed by atoms with Crippen molar-refractivity contribution in [2.45, 2.75) is 12.3 Å². The lowest BCUT2D eigenvalue weighted by Crippen LogP contribution is -2.51. The van der Waals surface area contributed by atoms with Crippen LogP contribution in [0, 0.1) is 0 Å². The van der Waals surface area contributed by atoms with Gasteiger partial charge in [-0.25, -0.2) is 23.1 Å². The van der Waals surface area contributed by atoms with Gasteiger partial charge in [-0.3, -0.25) is 10.1 Å². The van der Waals surface area contributed by atoms with Crippen LogP contribution < -0.4 is 16.0 Å². The molecule has 0 aromatic carbocycles. The van der Waals surface area contributed by atoms with Crippen molar-refractivity contribution in [2.75, 3.05) is 18.4 Å². The van der Waals surface area contributed by atoms with E-state index in [1.807, 2.05) is 0 Å². The van der Waals surface area contributed by atoms with Crippen molar-refractivity contribution in [3.8, 4) is 0 Å². The Balaban J connectivity index is 1.96. The molecule has 3 heterocycles. The fourth-order valence-corrected chi connectivity index (χ4v) is 2.19. The molecule has 3 rings (SSSR count). The molecule has 0 aliphatic carbocycles. The van der Waals surface area contributed by atoms with E-state index in [0.717, 1.165) is 0 Å². The van der Waals surface area contributed by atoms with Crippen molar-refractivity contribution >= 4 is 23.3 Å². The predicted octanol–water partition coefficient (Wildman–Crippen LogP) is 0.329. The zero-order valence-corrected chi connectivity index (χ0v) is 11.2. The molecule has 2 aromatic rings. The van der Waals surface area contributed by atoms with Crippen LogP contribution in [-0.4, -0.2) is 46.1 Å². The fourth-order valence-electron chi connectivity index (χ4n) is 2.19. The Hall–Kier alpha value is -2.78. The van der Waals surface area contributed by atoms with Gasteiger partial charge in [0.25, 0.3) is 6.43 Å². The van der Waals surface area contributed by atoms with Gasteiger partial charge in [-0.05, 0) is 6.07 Å². The van der Waals surface area contributed by atoms with E-state index in [4.69, 9.17) is 0 Å². The first kappa shape index (κ1) is 14.2. The maximum absolute atomic E-state index is 12.4. The van der Waals surface area contributed by atoms with Gasteiger partial charge < -0.3 is 10.6 Å². The van der Waals surface area contributed by atoms with Gasteiger partial charge in [0.05, 0.1) is 23.8 Å². The maximum Gasteiger partial charge on any atom is 0.321 e. The van der Waals surface area contributed by atoms with E-state index in [1.165, 1.54) is 16.8 Å². The number of nitrogens with zero attached hydrogens (tertiary/aromatic N) is 3. The van der Waals surface area contributed by atoms with E-state index in [1.54, 1.807) is 6.20 Å². The highest BCUT2D eigenvalue weighted by atomic mass is 19.3. The summed E-state index contributed by atoms with van der Waals surface area (Å²) in [4.78, 5) is 27.0. The largest absolute Gasteiger partial charge is 0.376 e. The summed E-state index contributed by atoms with van der Waals surface area (Å²) in [5.41, 5.74) is 1.07. The van der Waals surface area contributed by atoms with Crippen molar-refractivity contribution in [1.29, 1.82) is 0 Å². The lowest BCUT2D eigenvalue weighted by atomic mass is 10.0. The number of carbonyl (C=O) groups is 2. The second kappa shape index (κ2) is 5.54. The molecule has 1 fully saturated rings. The summed E-state index contributed by atoms with van der Waals surface area (Å²) in [5.74, 6) is -1.19. The molecule has 8 nitrogen and oxygen atoms in total. The number of imidazole rings is 1. The summed E-state index contributed by atoms with van der Waals surface area (Å²) in [6, 6.07) is 0.924. The number of anilines is 1. The highest BCUT2D eigenvalue weighted by molar-refractivity contribution is 6.00. The molecule has 1 saturated heterocycles. The maximum atomic E-state index is 12.4. The van der Waals surface area contributed by atoms with E-state index in [9.17, 15) is 18.4 Å². The monoisotopic (exact) mass is 310 g/mol. The van der Waals surface area contributed by atoms with Crippen LogP contribution in [0.3, 0.4) is 0 Å². The highest BCUT2D eigenvalue weighted by Gasteiger charge is 2.29. The number of carbonyl (C=O) groups excluding carboxylic acids is 2. The van der Waals surface area contributed by atoms with Gasteiger partial charge >= 0.3 is 6.03 Å². The molecule has 0 spiro atoms. The Morgan fingerprint density at radius 2 is 2.27 bits per heavy atom. The molecular weight excluding hydrogens is 298 g/mol. The molecule has 116 valence electrons. The summed E-state index contributed by atoms with van der Waals surface area (Å²) in [7, 11) is 0. The quantitative estimate of drug-likeness (QED) is 0.755. The van der Waals surface area contributed by atoms with Gasteiger partial charge in [0.1, 0.15) is 0 Å². The average Bonchev–Trinajstić information content (AvgIpc) is 2.93. The van der Waals surface area contributed by atoms with Crippen LogP contribution in [-0.2, 0) is 4.79 Å². The number of aromatic nitrogens is 3. The number of amides is 3. The summed E-state index contributed by atoms with van der Waals surface area (Å²) >= 11 is 0. The molecule has 1 aliphatic rings. The van der Waals surface area contributed by atoms with Crippen molar-refractivity contribution in [1.82, 2.24) is 25.2 Å². The molecule has 0 bridgehead atoms. The normalized spacial score (nSPS) is 18.4. The zero-order valence-electron chi connectivity index (χ0n) is 11.2. The van der Waals surface area contributed by atoms with Crippen molar-refractivity contribution in [2.24, 2.45) is 0 Å². The van der Waals surface area contributed by atoms with E-state index < -0.39 is 30.8 Å². The highest BCUT2D eigenvalue weighted by Crippen LogP contribution is 2.22. The number of rotatable bonds is 4. The SMILES string of the molecule is O=C1NCC(c2cc(NCC(F)F)c3nccn3n2)C(=O)N1. The number of urea groups is 1. The first-order valence-electron chi connectivity index (χ1n) is 6.49. The van der Waals surface area contributed by atoms with Gasteiger partial charge in [0.2, 0.25) is 5.91 Å². The molecule has 1 aliphatic heterocycles. The standard InChI is InChI=1S/C12H12F2N6O2/c13-9(14)5-16-8-3-7(19-20-2-1-15-10(8)20)6-4-17-12(22)18-11(6)21/h1-3,6,9,16H,4-5H2,(H2,17,18,21,22). The zero-order chi connectivity index (χ0) is 15.7. The molecule has 3 amide bonds. The lowest BCUT2D eigenvalue weighted by molar-refractivity contribution is -0.122.